The first-order valence-electron chi connectivity index (χ1n) is 18.4. The maximum Gasteiger partial charge on any atom is 0.0550 e. The monoisotopic (exact) mass is 701 g/mol. The van der Waals surface area contributed by atoms with Crippen LogP contribution in [0.4, 0.5) is 0 Å². The van der Waals surface area contributed by atoms with E-state index in [0.717, 1.165) is 55.7 Å². The van der Waals surface area contributed by atoms with E-state index in [0.29, 0.717) is 39.3 Å². The van der Waals surface area contributed by atoms with Crippen molar-refractivity contribution in [3.63, 3.8) is 0 Å². The molecule has 4 aromatic carbocycles. The van der Waals surface area contributed by atoms with Gasteiger partial charge in [0.25, 0.3) is 0 Å². The average Bonchev–Trinajstić information content (AvgIpc) is 3.21. The molecule has 54 heavy (non-hydrogen) atoms. The van der Waals surface area contributed by atoms with Crippen molar-refractivity contribution in [3.8, 4) is 0 Å². The summed E-state index contributed by atoms with van der Waals surface area (Å²) in [6.07, 6.45) is 7.89. The van der Waals surface area contributed by atoms with E-state index >= 15 is 0 Å². The largest absolute Gasteiger partial charge is 0.286 e. The number of hydrogen-bond donors (Lipinski definition) is 0. The van der Waals surface area contributed by atoms with Crippen molar-refractivity contribution in [1.82, 2.24) is 34.7 Å². The standard InChI is InChI=1S/C47H39N7/c1-5-14-38-24-48-44(20-34(38)10-1)30-53(31-45-21-35-11-2-6-15-39(35)25-49-45)28-42-18-9-19-43(52-42)29-54(32-46-22-36-12-3-7-16-40(36)26-50-46)33-47-23-37-13-4-8-17-41(37)27-51-47/h1-27H,28-33H2. The number of hydrogen-bond acceptors (Lipinski definition) is 7. The van der Waals surface area contributed by atoms with Crippen LogP contribution in [0, 0.1) is 0 Å². The van der Waals surface area contributed by atoms with Crippen LogP contribution < -0.4 is 0 Å². The molecule has 0 atom stereocenters. The van der Waals surface area contributed by atoms with Crippen LogP contribution >= 0.6 is 0 Å². The maximum absolute atomic E-state index is 5.25. The van der Waals surface area contributed by atoms with Gasteiger partial charge in [0.15, 0.2) is 0 Å². The van der Waals surface area contributed by atoms with Gasteiger partial charge in [0.1, 0.15) is 0 Å². The van der Waals surface area contributed by atoms with Crippen LogP contribution in [-0.2, 0) is 39.3 Å². The highest BCUT2D eigenvalue weighted by Crippen LogP contribution is 2.22. The molecule has 0 spiro atoms. The highest BCUT2D eigenvalue weighted by molar-refractivity contribution is 5.83. The fourth-order valence-electron chi connectivity index (χ4n) is 7.28. The lowest BCUT2D eigenvalue weighted by Gasteiger charge is -2.24. The van der Waals surface area contributed by atoms with E-state index in [4.69, 9.17) is 24.9 Å². The third kappa shape index (κ3) is 7.83. The molecular weight excluding hydrogens is 663 g/mol. The Bertz CT molecular complexity index is 2380. The molecule has 5 heterocycles. The number of rotatable bonds is 12. The maximum atomic E-state index is 5.25. The minimum Gasteiger partial charge on any atom is -0.286 e. The smallest absolute Gasteiger partial charge is 0.0550 e. The molecule has 0 bridgehead atoms. The minimum atomic E-state index is 0.648. The first kappa shape index (κ1) is 33.4. The molecule has 0 aliphatic rings. The number of nitrogens with zero attached hydrogens (tertiary/aromatic N) is 7. The molecule has 0 saturated heterocycles. The third-order valence-electron chi connectivity index (χ3n) is 9.93. The van der Waals surface area contributed by atoms with Crippen molar-refractivity contribution < 1.29 is 0 Å². The predicted molar refractivity (Wildman–Crippen MR) is 217 cm³/mol. The van der Waals surface area contributed by atoms with Gasteiger partial charge in [-0.25, -0.2) is 0 Å². The lowest BCUT2D eigenvalue weighted by atomic mass is 10.1. The molecule has 262 valence electrons. The first-order chi connectivity index (χ1) is 26.7. The van der Waals surface area contributed by atoms with E-state index in [1.54, 1.807) is 0 Å². The summed E-state index contributed by atoms with van der Waals surface area (Å²) in [5.74, 6) is 0. The second kappa shape index (κ2) is 15.3. The summed E-state index contributed by atoms with van der Waals surface area (Å²) in [5, 5.41) is 9.31. The van der Waals surface area contributed by atoms with Crippen molar-refractivity contribution in [2.45, 2.75) is 39.3 Å². The molecule has 5 aromatic heterocycles. The van der Waals surface area contributed by atoms with Crippen molar-refractivity contribution in [1.29, 1.82) is 0 Å². The van der Waals surface area contributed by atoms with Crippen LogP contribution in [0.15, 0.2) is 164 Å². The molecule has 7 heteroatoms. The van der Waals surface area contributed by atoms with E-state index < -0.39 is 0 Å². The molecule has 0 amide bonds. The Hall–Kier alpha value is -6.41. The highest BCUT2D eigenvalue weighted by Gasteiger charge is 2.16. The zero-order chi connectivity index (χ0) is 36.1. The van der Waals surface area contributed by atoms with Gasteiger partial charge in [-0.2, -0.15) is 0 Å². The number of pyridine rings is 5. The van der Waals surface area contributed by atoms with Crippen LogP contribution in [0.1, 0.15) is 34.2 Å². The summed E-state index contributed by atoms with van der Waals surface area (Å²) < 4.78 is 0. The molecule has 0 unspecified atom stereocenters. The normalized spacial score (nSPS) is 11.7. The van der Waals surface area contributed by atoms with Gasteiger partial charge >= 0.3 is 0 Å². The molecule has 9 rings (SSSR count). The van der Waals surface area contributed by atoms with Crippen molar-refractivity contribution >= 4 is 43.1 Å². The topological polar surface area (TPSA) is 70.9 Å². The second-order valence-electron chi connectivity index (χ2n) is 14.0. The van der Waals surface area contributed by atoms with Crippen molar-refractivity contribution in [2.24, 2.45) is 0 Å². The summed E-state index contributed by atoms with van der Waals surface area (Å²) in [6.45, 7) is 3.96. The summed E-state index contributed by atoms with van der Waals surface area (Å²) in [5.41, 5.74) is 6.07. The van der Waals surface area contributed by atoms with Gasteiger partial charge < -0.3 is 0 Å². The fraction of sp³-hybridized carbons (Fsp3) is 0.128. The van der Waals surface area contributed by atoms with Gasteiger partial charge in [0.2, 0.25) is 0 Å². The van der Waals surface area contributed by atoms with Crippen LogP contribution in [0.3, 0.4) is 0 Å². The Morgan fingerprint density at radius 3 is 0.833 bits per heavy atom. The third-order valence-corrected chi connectivity index (χ3v) is 9.93. The van der Waals surface area contributed by atoms with Gasteiger partial charge in [0, 0.05) is 85.6 Å². The zero-order valence-corrected chi connectivity index (χ0v) is 30.0. The molecule has 0 aliphatic carbocycles. The number of benzene rings is 4. The number of aromatic nitrogens is 5. The Labute approximate surface area is 314 Å². The van der Waals surface area contributed by atoms with E-state index in [1.807, 2.05) is 24.8 Å². The molecule has 7 nitrogen and oxygen atoms in total. The van der Waals surface area contributed by atoms with Crippen LogP contribution in [-0.4, -0.2) is 34.7 Å². The summed E-state index contributed by atoms with van der Waals surface area (Å²) in [7, 11) is 0. The lowest BCUT2D eigenvalue weighted by Crippen LogP contribution is -2.26. The summed E-state index contributed by atoms with van der Waals surface area (Å²) >= 11 is 0. The SMILES string of the molecule is c1cc(CN(Cc2cc3ccccc3cn2)Cc2cc3ccccc3cn2)nc(CN(Cc2cc3ccccc3cn2)Cc2cc3ccccc3cn2)c1. The molecule has 0 fully saturated rings. The molecule has 0 N–H and O–H groups in total. The fourth-order valence-corrected chi connectivity index (χ4v) is 7.28. The summed E-state index contributed by atoms with van der Waals surface area (Å²) in [6, 6.07) is 48.7. The van der Waals surface area contributed by atoms with Crippen molar-refractivity contribution in [3.05, 3.63) is 198 Å². The highest BCUT2D eigenvalue weighted by atomic mass is 15.2. The van der Waals surface area contributed by atoms with Crippen LogP contribution in [0.5, 0.6) is 0 Å². The number of fused-ring (bicyclic) bond motifs is 4. The molecule has 0 saturated carbocycles. The Morgan fingerprint density at radius 2 is 0.537 bits per heavy atom. The van der Waals surface area contributed by atoms with Gasteiger partial charge in [-0.3, -0.25) is 34.7 Å². The molecular formula is C47H39N7. The minimum absolute atomic E-state index is 0.648. The van der Waals surface area contributed by atoms with E-state index in [2.05, 4.69) is 149 Å². The van der Waals surface area contributed by atoms with E-state index in [-0.39, 0.29) is 0 Å². The molecule has 0 radical (unpaired) electrons. The summed E-state index contributed by atoms with van der Waals surface area (Å²) in [4.78, 5) is 29.4. The average molecular weight is 702 g/mol. The predicted octanol–water partition coefficient (Wildman–Crippen LogP) is 9.68. The Morgan fingerprint density at radius 1 is 0.278 bits per heavy atom. The van der Waals surface area contributed by atoms with Gasteiger partial charge in [-0.15, -0.1) is 0 Å². The van der Waals surface area contributed by atoms with E-state index in [9.17, 15) is 0 Å². The second-order valence-corrected chi connectivity index (χ2v) is 14.0. The van der Waals surface area contributed by atoms with Gasteiger partial charge in [-0.05, 0) is 57.9 Å². The van der Waals surface area contributed by atoms with Crippen LogP contribution in [0.2, 0.25) is 0 Å². The lowest BCUT2D eigenvalue weighted by molar-refractivity contribution is 0.232. The first-order valence-corrected chi connectivity index (χ1v) is 18.4. The van der Waals surface area contributed by atoms with Gasteiger partial charge in [0.05, 0.1) is 34.2 Å². The van der Waals surface area contributed by atoms with Crippen molar-refractivity contribution in [2.75, 3.05) is 0 Å². The zero-order valence-electron chi connectivity index (χ0n) is 30.0. The quantitative estimate of drug-likeness (QED) is 0.126. The van der Waals surface area contributed by atoms with E-state index in [1.165, 1.54) is 21.5 Å². The molecule has 0 aliphatic heterocycles. The van der Waals surface area contributed by atoms with Crippen LogP contribution in [0.25, 0.3) is 43.1 Å². The Kier molecular flexibility index (Phi) is 9.46. The molecule has 9 aromatic rings. The Balaban J connectivity index is 0.997. The van der Waals surface area contributed by atoms with Gasteiger partial charge in [-0.1, -0.05) is 103 Å².